The number of rotatable bonds is 4. The van der Waals surface area contributed by atoms with Gasteiger partial charge in [-0.25, -0.2) is 4.98 Å². The summed E-state index contributed by atoms with van der Waals surface area (Å²) in [5.41, 5.74) is 1.73. The third-order valence-electron chi connectivity index (χ3n) is 5.21. The smallest absolute Gasteiger partial charge is 0.255 e. The molecule has 1 aromatic heterocycles. The number of amides is 1. The van der Waals surface area contributed by atoms with Crippen LogP contribution in [0.3, 0.4) is 0 Å². The van der Waals surface area contributed by atoms with Gasteiger partial charge in [0, 0.05) is 37.6 Å². The van der Waals surface area contributed by atoms with Gasteiger partial charge in [0.2, 0.25) is 0 Å². The summed E-state index contributed by atoms with van der Waals surface area (Å²) in [6.07, 6.45) is 5.88. The van der Waals surface area contributed by atoms with Crippen molar-refractivity contribution in [1.29, 1.82) is 0 Å². The number of nitrogens with zero attached hydrogens (tertiary/aromatic N) is 3. The second-order valence-electron chi connectivity index (χ2n) is 6.98. The Labute approximate surface area is 164 Å². The zero-order valence-corrected chi connectivity index (χ0v) is 15.8. The molecule has 0 unspecified atom stereocenters. The van der Waals surface area contributed by atoms with E-state index in [2.05, 4.69) is 21.7 Å². The van der Waals surface area contributed by atoms with Gasteiger partial charge in [-0.1, -0.05) is 54.1 Å². The maximum absolute atomic E-state index is 12.7. The quantitative estimate of drug-likeness (QED) is 0.655. The van der Waals surface area contributed by atoms with Gasteiger partial charge in [0.25, 0.3) is 5.91 Å². The van der Waals surface area contributed by atoms with Crippen LogP contribution in [0.25, 0.3) is 11.4 Å². The maximum Gasteiger partial charge on any atom is 0.255 e. The highest BCUT2D eigenvalue weighted by molar-refractivity contribution is 6.33. The van der Waals surface area contributed by atoms with E-state index in [1.54, 1.807) is 12.1 Å². The molecule has 4 nitrogen and oxygen atoms in total. The lowest BCUT2D eigenvalue weighted by Crippen LogP contribution is -2.39. The van der Waals surface area contributed by atoms with Gasteiger partial charge in [-0.3, -0.25) is 4.79 Å². The van der Waals surface area contributed by atoms with Crippen LogP contribution in [-0.2, 0) is 6.54 Å². The SMILES string of the molecule is O=C(c1ccccc1Cl)N1CCC(Cn2ccnc2-c2ccccc2)CC1. The first-order chi connectivity index (χ1) is 13.2. The summed E-state index contributed by atoms with van der Waals surface area (Å²) in [7, 11) is 0. The Morgan fingerprint density at radius 3 is 2.48 bits per heavy atom. The number of imidazole rings is 1. The number of halogens is 1. The largest absolute Gasteiger partial charge is 0.339 e. The first-order valence-corrected chi connectivity index (χ1v) is 9.70. The van der Waals surface area contributed by atoms with Gasteiger partial charge in [-0.05, 0) is 30.9 Å². The molecule has 1 saturated heterocycles. The van der Waals surface area contributed by atoms with E-state index in [9.17, 15) is 4.79 Å². The highest BCUT2D eigenvalue weighted by atomic mass is 35.5. The monoisotopic (exact) mass is 379 g/mol. The zero-order chi connectivity index (χ0) is 18.6. The van der Waals surface area contributed by atoms with Crippen LogP contribution in [0, 0.1) is 5.92 Å². The molecule has 0 bridgehead atoms. The van der Waals surface area contributed by atoms with Gasteiger partial charge in [-0.2, -0.15) is 0 Å². The third-order valence-corrected chi connectivity index (χ3v) is 5.54. The fourth-order valence-electron chi connectivity index (χ4n) is 3.71. The van der Waals surface area contributed by atoms with Crippen molar-refractivity contribution >= 4 is 17.5 Å². The van der Waals surface area contributed by atoms with Crippen LogP contribution in [0.5, 0.6) is 0 Å². The standard InChI is InChI=1S/C22H22ClN3O/c23-20-9-5-4-8-19(20)22(27)25-13-10-17(11-14-25)16-26-15-12-24-21(26)18-6-2-1-3-7-18/h1-9,12,15,17H,10-11,13-14,16H2. The summed E-state index contributed by atoms with van der Waals surface area (Å²) in [6.45, 7) is 2.46. The van der Waals surface area contributed by atoms with E-state index in [1.165, 1.54) is 0 Å². The second-order valence-corrected chi connectivity index (χ2v) is 7.39. The maximum atomic E-state index is 12.7. The highest BCUT2D eigenvalue weighted by Gasteiger charge is 2.25. The Hall–Kier alpha value is -2.59. The van der Waals surface area contributed by atoms with E-state index in [0.717, 1.165) is 43.9 Å². The van der Waals surface area contributed by atoms with Crippen molar-refractivity contribution in [2.75, 3.05) is 13.1 Å². The predicted octanol–water partition coefficient (Wildman–Crippen LogP) is 4.76. The molecule has 3 aromatic rings. The van der Waals surface area contributed by atoms with Crippen molar-refractivity contribution in [2.45, 2.75) is 19.4 Å². The van der Waals surface area contributed by atoms with E-state index in [4.69, 9.17) is 11.6 Å². The van der Waals surface area contributed by atoms with Gasteiger partial charge >= 0.3 is 0 Å². The molecule has 138 valence electrons. The average molecular weight is 380 g/mol. The molecule has 0 radical (unpaired) electrons. The first-order valence-electron chi connectivity index (χ1n) is 9.33. The van der Waals surface area contributed by atoms with Gasteiger partial charge in [0.1, 0.15) is 5.82 Å². The minimum atomic E-state index is 0.0339. The van der Waals surface area contributed by atoms with Crippen LogP contribution < -0.4 is 0 Å². The van der Waals surface area contributed by atoms with E-state index in [1.807, 2.05) is 47.6 Å². The number of hydrogen-bond acceptors (Lipinski definition) is 2. The fourth-order valence-corrected chi connectivity index (χ4v) is 3.92. The molecule has 0 aliphatic carbocycles. The minimum absolute atomic E-state index is 0.0339. The summed E-state index contributed by atoms with van der Waals surface area (Å²) < 4.78 is 2.23. The van der Waals surface area contributed by atoms with Crippen LogP contribution >= 0.6 is 11.6 Å². The molecule has 2 aromatic carbocycles. The molecule has 0 atom stereocenters. The summed E-state index contributed by atoms with van der Waals surface area (Å²) in [4.78, 5) is 19.2. The Kier molecular flexibility index (Phi) is 5.26. The Balaban J connectivity index is 1.39. The molecule has 4 rings (SSSR count). The van der Waals surface area contributed by atoms with Crippen LogP contribution in [0.4, 0.5) is 0 Å². The molecule has 1 fully saturated rings. The molecule has 5 heteroatoms. The molecule has 0 spiro atoms. The molecule has 1 aliphatic rings. The van der Waals surface area contributed by atoms with E-state index >= 15 is 0 Å². The molecule has 2 heterocycles. The van der Waals surface area contributed by atoms with Crippen molar-refractivity contribution in [3.05, 3.63) is 77.6 Å². The molecule has 27 heavy (non-hydrogen) atoms. The van der Waals surface area contributed by atoms with Crippen molar-refractivity contribution < 1.29 is 4.79 Å². The van der Waals surface area contributed by atoms with Crippen LogP contribution in [0.1, 0.15) is 23.2 Å². The van der Waals surface area contributed by atoms with Crippen molar-refractivity contribution in [2.24, 2.45) is 5.92 Å². The minimum Gasteiger partial charge on any atom is -0.339 e. The lowest BCUT2D eigenvalue weighted by Gasteiger charge is -2.32. The predicted molar refractivity (Wildman–Crippen MR) is 108 cm³/mol. The summed E-state index contributed by atoms with van der Waals surface area (Å²) in [5, 5.41) is 0.524. The molecule has 1 aliphatic heterocycles. The van der Waals surface area contributed by atoms with Crippen molar-refractivity contribution in [3.63, 3.8) is 0 Å². The number of carbonyl (C=O) groups is 1. The number of carbonyl (C=O) groups excluding carboxylic acids is 1. The molecular formula is C22H22ClN3O. The molecule has 0 N–H and O–H groups in total. The highest BCUT2D eigenvalue weighted by Crippen LogP contribution is 2.25. The Bertz CT molecular complexity index is 914. The third kappa shape index (κ3) is 3.91. The number of likely N-dealkylation sites (tertiary alicyclic amines) is 1. The second kappa shape index (κ2) is 7.97. The number of benzene rings is 2. The van der Waals surface area contributed by atoms with Crippen LogP contribution in [-0.4, -0.2) is 33.4 Å². The van der Waals surface area contributed by atoms with Gasteiger partial charge in [-0.15, -0.1) is 0 Å². The van der Waals surface area contributed by atoms with E-state index in [-0.39, 0.29) is 5.91 Å². The van der Waals surface area contributed by atoms with Crippen molar-refractivity contribution in [1.82, 2.24) is 14.5 Å². The average Bonchev–Trinajstić information content (AvgIpc) is 3.17. The van der Waals surface area contributed by atoms with Crippen LogP contribution in [0.2, 0.25) is 5.02 Å². The zero-order valence-electron chi connectivity index (χ0n) is 15.1. The summed E-state index contributed by atoms with van der Waals surface area (Å²) in [5.74, 6) is 1.58. The van der Waals surface area contributed by atoms with Gasteiger partial charge < -0.3 is 9.47 Å². The normalized spacial score (nSPS) is 15.1. The number of piperidine rings is 1. The first kappa shape index (κ1) is 17.8. The lowest BCUT2D eigenvalue weighted by atomic mass is 9.96. The number of aromatic nitrogens is 2. The Morgan fingerprint density at radius 1 is 1.04 bits per heavy atom. The summed E-state index contributed by atoms with van der Waals surface area (Å²) in [6, 6.07) is 17.5. The molecule has 1 amide bonds. The Morgan fingerprint density at radius 2 is 1.74 bits per heavy atom. The van der Waals surface area contributed by atoms with Crippen LogP contribution in [0.15, 0.2) is 67.0 Å². The summed E-state index contributed by atoms with van der Waals surface area (Å²) >= 11 is 6.18. The molecular weight excluding hydrogens is 358 g/mol. The van der Waals surface area contributed by atoms with Gasteiger partial charge in [0.05, 0.1) is 10.6 Å². The van der Waals surface area contributed by atoms with Crippen molar-refractivity contribution in [3.8, 4) is 11.4 Å². The molecule has 0 saturated carbocycles. The fraction of sp³-hybridized carbons (Fsp3) is 0.273. The number of hydrogen-bond donors (Lipinski definition) is 0. The van der Waals surface area contributed by atoms with Gasteiger partial charge in [0.15, 0.2) is 0 Å². The topological polar surface area (TPSA) is 38.1 Å². The lowest BCUT2D eigenvalue weighted by molar-refractivity contribution is 0.0683. The van der Waals surface area contributed by atoms with E-state index in [0.29, 0.717) is 16.5 Å². The van der Waals surface area contributed by atoms with E-state index < -0.39 is 0 Å².